The molecule has 0 radical (unpaired) electrons. The normalized spacial score (nSPS) is 10.4. The average Bonchev–Trinajstić information content (AvgIpc) is 2.44. The van der Waals surface area contributed by atoms with E-state index in [1.165, 1.54) is 6.07 Å². The molecular weight excluding hydrogens is 261 g/mol. The minimum atomic E-state index is -0.279. The molecule has 0 bridgehead atoms. The van der Waals surface area contributed by atoms with Gasteiger partial charge in [-0.25, -0.2) is 20.2 Å². The second kappa shape index (κ2) is 6.27. The fourth-order valence-corrected chi connectivity index (χ4v) is 1.71. The van der Waals surface area contributed by atoms with Crippen LogP contribution in [0.4, 0.5) is 21.7 Å². The Balaban J connectivity index is 2.32. The van der Waals surface area contributed by atoms with E-state index in [1.54, 1.807) is 32.2 Å². The standard InChI is InChI=1S/C13H16FN5O/c1-8-9(14)4-3-5-10(8)16-11-6-12(19-15)18-13(17-11)7-20-2/h3-6H,7,15H2,1-2H3,(H2,16,17,18,19). The molecule has 2 rings (SSSR count). The molecule has 0 saturated carbocycles. The van der Waals surface area contributed by atoms with Crippen molar-refractivity contribution < 1.29 is 9.13 Å². The van der Waals surface area contributed by atoms with Crippen molar-refractivity contribution in [3.63, 3.8) is 0 Å². The van der Waals surface area contributed by atoms with Crippen molar-refractivity contribution in [2.45, 2.75) is 13.5 Å². The van der Waals surface area contributed by atoms with Crippen LogP contribution in [0.3, 0.4) is 0 Å². The van der Waals surface area contributed by atoms with Crippen molar-refractivity contribution >= 4 is 17.3 Å². The lowest BCUT2D eigenvalue weighted by Gasteiger charge is -2.11. The summed E-state index contributed by atoms with van der Waals surface area (Å²) < 4.78 is 18.5. The Morgan fingerprint density at radius 1 is 1.30 bits per heavy atom. The Morgan fingerprint density at radius 2 is 2.05 bits per heavy atom. The van der Waals surface area contributed by atoms with Gasteiger partial charge in [0, 0.05) is 24.4 Å². The van der Waals surface area contributed by atoms with Crippen LogP contribution in [0.5, 0.6) is 0 Å². The molecule has 0 aliphatic rings. The van der Waals surface area contributed by atoms with E-state index in [-0.39, 0.29) is 12.4 Å². The van der Waals surface area contributed by atoms with Crippen LogP contribution in [0, 0.1) is 12.7 Å². The van der Waals surface area contributed by atoms with Crippen LogP contribution >= 0.6 is 0 Å². The highest BCUT2D eigenvalue weighted by molar-refractivity contribution is 5.62. The Labute approximate surface area is 116 Å². The van der Waals surface area contributed by atoms with Gasteiger partial charge < -0.3 is 15.5 Å². The van der Waals surface area contributed by atoms with Crippen LogP contribution < -0.4 is 16.6 Å². The molecule has 4 N–H and O–H groups in total. The van der Waals surface area contributed by atoms with Crippen molar-refractivity contribution in [3.05, 3.63) is 41.5 Å². The van der Waals surface area contributed by atoms with Crippen LogP contribution in [0.25, 0.3) is 0 Å². The summed E-state index contributed by atoms with van der Waals surface area (Å²) >= 11 is 0. The predicted molar refractivity (Wildman–Crippen MR) is 75.0 cm³/mol. The number of ether oxygens (including phenoxy) is 1. The summed E-state index contributed by atoms with van der Waals surface area (Å²) in [5, 5.41) is 3.04. The lowest BCUT2D eigenvalue weighted by molar-refractivity contribution is 0.178. The van der Waals surface area contributed by atoms with Gasteiger partial charge in [0.25, 0.3) is 0 Å². The monoisotopic (exact) mass is 277 g/mol. The molecule has 0 aliphatic carbocycles. The molecule has 20 heavy (non-hydrogen) atoms. The minimum absolute atomic E-state index is 0.256. The van der Waals surface area contributed by atoms with Crippen LogP contribution in [-0.2, 0) is 11.3 Å². The molecular formula is C13H16FN5O. The fraction of sp³-hybridized carbons (Fsp3) is 0.231. The van der Waals surface area contributed by atoms with Crippen molar-refractivity contribution in [1.29, 1.82) is 0 Å². The van der Waals surface area contributed by atoms with E-state index in [4.69, 9.17) is 10.6 Å². The summed E-state index contributed by atoms with van der Waals surface area (Å²) in [5.74, 6) is 6.51. The maximum absolute atomic E-state index is 13.5. The number of nitrogens with one attached hydrogen (secondary N) is 2. The summed E-state index contributed by atoms with van der Waals surface area (Å²) in [4.78, 5) is 8.41. The first-order valence-electron chi connectivity index (χ1n) is 5.99. The number of methoxy groups -OCH3 is 1. The number of nitrogen functional groups attached to an aromatic ring is 1. The average molecular weight is 277 g/mol. The van der Waals surface area contributed by atoms with E-state index in [0.29, 0.717) is 28.7 Å². The van der Waals surface area contributed by atoms with E-state index in [0.717, 1.165) is 0 Å². The Bertz CT molecular complexity index is 605. The Morgan fingerprint density at radius 3 is 2.75 bits per heavy atom. The second-order valence-electron chi connectivity index (χ2n) is 4.17. The van der Waals surface area contributed by atoms with Crippen LogP contribution in [0.2, 0.25) is 0 Å². The number of halogens is 1. The smallest absolute Gasteiger partial charge is 0.158 e. The molecule has 1 aromatic carbocycles. The quantitative estimate of drug-likeness (QED) is 0.573. The van der Waals surface area contributed by atoms with E-state index >= 15 is 0 Å². The number of hydrazine groups is 1. The van der Waals surface area contributed by atoms with E-state index in [9.17, 15) is 4.39 Å². The summed E-state index contributed by atoms with van der Waals surface area (Å²) in [6.45, 7) is 1.95. The maximum Gasteiger partial charge on any atom is 0.158 e. The first-order valence-corrected chi connectivity index (χ1v) is 5.99. The lowest BCUT2D eigenvalue weighted by Crippen LogP contribution is -2.12. The number of benzene rings is 1. The zero-order valence-corrected chi connectivity index (χ0v) is 11.3. The SMILES string of the molecule is COCc1nc(NN)cc(Nc2cccc(F)c2C)n1. The number of hydrogen-bond acceptors (Lipinski definition) is 6. The van der Waals surface area contributed by atoms with Gasteiger partial charge in [-0.05, 0) is 19.1 Å². The molecule has 0 saturated heterocycles. The zero-order valence-electron chi connectivity index (χ0n) is 11.3. The van der Waals surface area contributed by atoms with Gasteiger partial charge in [0.2, 0.25) is 0 Å². The third-order valence-corrected chi connectivity index (χ3v) is 2.72. The molecule has 2 aromatic rings. The van der Waals surface area contributed by atoms with Crippen molar-refractivity contribution in [2.24, 2.45) is 5.84 Å². The summed E-state index contributed by atoms with van der Waals surface area (Å²) in [7, 11) is 1.55. The summed E-state index contributed by atoms with van der Waals surface area (Å²) in [5.41, 5.74) is 3.61. The topological polar surface area (TPSA) is 85.1 Å². The number of nitrogens with zero attached hydrogens (tertiary/aromatic N) is 2. The van der Waals surface area contributed by atoms with Crippen molar-refractivity contribution in [1.82, 2.24) is 9.97 Å². The molecule has 0 amide bonds. The number of nitrogens with two attached hydrogens (primary N) is 1. The molecule has 0 aliphatic heterocycles. The molecule has 1 aromatic heterocycles. The zero-order chi connectivity index (χ0) is 14.5. The van der Waals surface area contributed by atoms with E-state index < -0.39 is 0 Å². The maximum atomic E-state index is 13.5. The van der Waals surface area contributed by atoms with Gasteiger partial charge >= 0.3 is 0 Å². The third kappa shape index (κ3) is 3.19. The molecule has 7 heteroatoms. The van der Waals surface area contributed by atoms with Gasteiger partial charge in [-0.1, -0.05) is 6.07 Å². The number of aromatic nitrogens is 2. The van der Waals surface area contributed by atoms with Gasteiger partial charge in [0.05, 0.1) is 0 Å². The van der Waals surface area contributed by atoms with Crippen molar-refractivity contribution in [2.75, 3.05) is 17.9 Å². The van der Waals surface area contributed by atoms with Gasteiger partial charge in [-0.3, -0.25) is 0 Å². The van der Waals surface area contributed by atoms with E-state index in [2.05, 4.69) is 20.7 Å². The van der Waals surface area contributed by atoms with E-state index in [1.807, 2.05) is 0 Å². The van der Waals surface area contributed by atoms with Crippen molar-refractivity contribution in [3.8, 4) is 0 Å². The molecule has 1 heterocycles. The second-order valence-corrected chi connectivity index (χ2v) is 4.17. The molecule has 0 atom stereocenters. The predicted octanol–water partition coefficient (Wildman–Crippen LogP) is 2.10. The van der Waals surface area contributed by atoms with Gasteiger partial charge in [-0.15, -0.1) is 0 Å². The Kier molecular flexibility index (Phi) is 4.44. The summed E-state index contributed by atoms with van der Waals surface area (Å²) in [6, 6.07) is 6.43. The van der Waals surface area contributed by atoms with Crippen LogP contribution in [0.15, 0.2) is 24.3 Å². The van der Waals surface area contributed by atoms with Gasteiger partial charge in [0.15, 0.2) is 5.82 Å². The number of rotatable bonds is 5. The summed E-state index contributed by atoms with van der Waals surface area (Å²) in [6.07, 6.45) is 0. The lowest BCUT2D eigenvalue weighted by atomic mass is 10.2. The third-order valence-electron chi connectivity index (χ3n) is 2.72. The molecule has 0 spiro atoms. The van der Waals surface area contributed by atoms with Crippen LogP contribution in [0.1, 0.15) is 11.4 Å². The largest absolute Gasteiger partial charge is 0.377 e. The minimum Gasteiger partial charge on any atom is -0.377 e. The molecule has 6 nitrogen and oxygen atoms in total. The number of anilines is 3. The Hall–Kier alpha value is -2.25. The van der Waals surface area contributed by atoms with Gasteiger partial charge in [0.1, 0.15) is 24.1 Å². The highest BCUT2D eigenvalue weighted by atomic mass is 19.1. The fourth-order valence-electron chi connectivity index (χ4n) is 1.71. The van der Waals surface area contributed by atoms with Crippen LogP contribution in [-0.4, -0.2) is 17.1 Å². The first kappa shape index (κ1) is 14.2. The molecule has 0 unspecified atom stereocenters. The molecule has 0 fully saturated rings. The number of hydrogen-bond donors (Lipinski definition) is 3. The molecule has 106 valence electrons. The van der Waals surface area contributed by atoms with Gasteiger partial charge in [-0.2, -0.15) is 0 Å². The first-order chi connectivity index (χ1) is 9.63. The highest BCUT2D eigenvalue weighted by Crippen LogP contribution is 2.22. The highest BCUT2D eigenvalue weighted by Gasteiger charge is 2.07.